The molecule has 0 atom stereocenters. The van der Waals surface area contributed by atoms with E-state index < -0.39 is 0 Å². The number of nitrogens with zero attached hydrogens (tertiary/aromatic N) is 2. The molecule has 1 heterocycles. The van der Waals surface area contributed by atoms with Crippen molar-refractivity contribution in [2.45, 2.75) is 76.7 Å². The molecule has 0 unspecified atom stereocenters. The summed E-state index contributed by atoms with van der Waals surface area (Å²) in [7, 11) is 2.31. The normalized spacial score (nSPS) is 28.9. The summed E-state index contributed by atoms with van der Waals surface area (Å²) < 4.78 is 0. The molecule has 2 heteroatoms. The highest BCUT2D eigenvalue weighted by molar-refractivity contribution is 4.89. The van der Waals surface area contributed by atoms with E-state index in [4.69, 9.17) is 0 Å². The van der Waals surface area contributed by atoms with Gasteiger partial charge in [-0.15, -0.1) is 0 Å². The van der Waals surface area contributed by atoms with Crippen molar-refractivity contribution in [2.75, 3.05) is 33.2 Å². The summed E-state index contributed by atoms with van der Waals surface area (Å²) in [5, 5.41) is 0. The van der Waals surface area contributed by atoms with Crippen LogP contribution < -0.4 is 0 Å². The molecule has 1 aliphatic heterocycles. The lowest BCUT2D eigenvalue weighted by atomic mass is 9.73. The van der Waals surface area contributed by atoms with Gasteiger partial charge in [-0.05, 0) is 64.1 Å². The molecule has 3 fully saturated rings. The highest BCUT2D eigenvalue weighted by Crippen LogP contribution is 2.38. The Kier molecular flexibility index (Phi) is 5.99. The van der Waals surface area contributed by atoms with E-state index in [1.165, 1.54) is 96.8 Å². The first kappa shape index (κ1) is 15.8. The van der Waals surface area contributed by atoms with Crippen molar-refractivity contribution in [2.24, 2.45) is 11.8 Å². The summed E-state index contributed by atoms with van der Waals surface area (Å²) in [5.41, 5.74) is 0. The third kappa shape index (κ3) is 4.22. The highest BCUT2D eigenvalue weighted by atomic mass is 15.2. The average Bonchev–Trinajstić information content (AvgIpc) is 2.75. The van der Waals surface area contributed by atoms with Gasteiger partial charge in [0.05, 0.1) is 0 Å². The Morgan fingerprint density at radius 3 is 1.76 bits per heavy atom. The Balaban J connectivity index is 1.70. The zero-order valence-corrected chi connectivity index (χ0v) is 14.2. The lowest BCUT2D eigenvalue weighted by Crippen LogP contribution is -2.48. The molecule has 2 saturated carbocycles. The van der Waals surface area contributed by atoms with E-state index in [9.17, 15) is 0 Å². The molecule has 0 bridgehead atoms. The zero-order valence-electron chi connectivity index (χ0n) is 14.2. The Labute approximate surface area is 132 Å². The molecule has 2 nitrogen and oxygen atoms in total. The first-order valence-corrected chi connectivity index (χ1v) is 9.77. The maximum atomic E-state index is 2.94. The van der Waals surface area contributed by atoms with Gasteiger partial charge in [0.1, 0.15) is 0 Å². The van der Waals surface area contributed by atoms with E-state index >= 15 is 0 Å². The van der Waals surface area contributed by atoms with Crippen molar-refractivity contribution >= 4 is 0 Å². The predicted octanol–water partition coefficient (Wildman–Crippen LogP) is 4.15. The van der Waals surface area contributed by atoms with Gasteiger partial charge in [0, 0.05) is 19.1 Å². The summed E-state index contributed by atoms with van der Waals surface area (Å²) >= 11 is 0. The van der Waals surface area contributed by atoms with Crippen molar-refractivity contribution in [3.63, 3.8) is 0 Å². The van der Waals surface area contributed by atoms with Gasteiger partial charge >= 0.3 is 0 Å². The summed E-state index contributed by atoms with van der Waals surface area (Å²) in [6.45, 7) is 5.28. The van der Waals surface area contributed by atoms with E-state index in [1.807, 2.05) is 0 Å². The lowest BCUT2D eigenvalue weighted by molar-refractivity contribution is 0.0566. The number of likely N-dealkylation sites (N-methyl/N-ethyl adjacent to an activating group) is 1. The number of rotatable bonds is 3. The molecule has 0 spiro atoms. The minimum Gasteiger partial charge on any atom is -0.305 e. The molecule has 2 aliphatic carbocycles. The van der Waals surface area contributed by atoms with Gasteiger partial charge in [-0.1, -0.05) is 38.5 Å². The topological polar surface area (TPSA) is 6.48 Å². The van der Waals surface area contributed by atoms with E-state index in [0.29, 0.717) is 0 Å². The van der Waals surface area contributed by atoms with Crippen LogP contribution in [0.25, 0.3) is 0 Å². The van der Waals surface area contributed by atoms with Crippen LogP contribution in [-0.2, 0) is 0 Å². The SMILES string of the molecule is CN1CCCN(C(C2CCCCC2)C2CCCCC2)CC1. The third-order valence-corrected chi connectivity index (χ3v) is 6.44. The van der Waals surface area contributed by atoms with Crippen LogP contribution in [-0.4, -0.2) is 49.1 Å². The fourth-order valence-electron chi connectivity index (χ4n) is 5.30. The van der Waals surface area contributed by atoms with Crippen LogP contribution in [0.4, 0.5) is 0 Å². The van der Waals surface area contributed by atoms with Gasteiger partial charge in [0.2, 0.25) is 0 Å². The molecule has 0 aromatic carbocycles. The fourth-order valence-corrected chi connectivity index (χ4v) is 5.30. The lowest BCUT2D eigenvalue weighted by Gasteiger charge is -2.44. The van der Waals surface area contributed by atoms with Gasteiger partial charge in [-0.2, -0.15) is 0 Å². The van der Waals surface area contributed by atoms with Crippen LogP contribution in [0.2, 0.25) is 0 Å². The minimum absolute atomic E-state index is 0.928. The Morgan fingerprint density at radius 2 is 1.19 bits per heavy atom. The summed E-state index contributed by atoms with van der Waals surface area (Å²) in [4.78, 5) is 5.48. The van der Waals surface area contributed by atoms with Gasteiger partial charge in [0.15, 0.2) is 0 Å². The van der Waals surface area contributed by atoms with Crippen LogP contribution in [0.3, 0.4) is 0 Å². The van der Waals surface area contributed by atoms with Crippen LogP contribution in [0.1, 0.15) is 70.6 Å². The Hall–Kier alpha value is -0.0800. The molecule has 0 aromatic rings. The van der Waals surface area contributed by atoms with Gasteiger partial charge in [-0.25, -0.2) is 0 Å². The largest absolute Gasteiger partial charge is 0.305 e. The summed E-state index contributed by atoms with van der Waals surface area (Å²) in [6, 6.07) is 0.928. The Morgan fingerprint density at radius 1 is 0.619 bits per heavy atom. The van der Waals surface area contributed by atoms with Crippen LogP contribution in [0.5, 0.6) is 0 Å². The molecule has 0 amide bonds. The van der Waals surface area contributed by atoms with Crippen LogP contribution in [0, 0.1) is 11.8 Å². The molecular weight excluding hydrogens is 256 g/mol. The van der Waals surface area contributed by atoms with E-state index in [2.05, 4.69) is 16.8 Å². The molecule has 0 N–H and O–H groups in total. The first-order chi connectivity index (χ1) is 10.3. The van der Waals surface area contributed by atoms with Crippen molar-refractivity contribution in [1.29, 1.82) is 0 Å². The first-order valence-electron chi connectivity index (χ1n) is 9.77. The van der Waals surface area contributed by atoms with Crippen molar-refractivity contribution in [3.8, 4) is 0 Å². The molecule has 0 radical (unpaired) electrons. The smallest absolute Gasteiger partial charge is 0.0152 e. The predicted molar refractivity (Wildman–Crippen MR) is 90.6 cm³/mol. The van der Waals surface area contributed by atoms with Crippen LogP contribution in [0.15, 0.2) is 0 Å². The highest BCUT2D eigenvalue weighted by Gasteiger charge is 2.35. The van der Waals surface area contributed by atoms with E-state index in [-0.39, 0.29) is 0 Å². The third-order valence-electron chi connectivity index (χ3n) is 6.44. The molecule has 0 aromatic heterocycles. The molecular formula is C19H36N2. The van der Waals surface area contributed by atoms with E-state index in [0.717, 1.165) is 17.9 Å². The monoisotopic (exact) mass is 292 g/mol. The maximum Gasteiger partial charge on any atom is 0.0152 e. The van der Waals surface area contributed by atoms with Gasteiger partial charge in [0.25, 0.3) is 0 Å². The maximum absolute atomic E-state index is 2.94. The quantitative estimate of drug-likeness (QED) is 0.771. The fraction of sp³-hybridized carbons (Fsp3) is 1.00. The molecule has 1 saturated heterocycles. The molecule has 122 valence electrons. The summed E-state index contributed by atoms with van der Waals surface area (Å²) in [6.07, 6.45) is 16.5. The second kappa shape index (κ2) is 7.97. The van der Waals surface area contributed by atoms with Crippen molar-refractivity contribution in [1.82, 2.24) is 9.80 Å². The van der Waals surface area contributed by atoms with Crippen molar-refractivity contribution in [3.05, 3.63) is 0 Å². The van der Waals surface area contributed by atoms with Crippen LogP contribution >= 0.6 is 0 Å². The number of hydrogen-bond acceptors (Lipinski definition) is 2. The molecule has 21 heavy (non-hydrogen) atoms. The second-order valence-corrected chi connectivity index (χ2v) is 7.98. The van der Waals surface area contributed by atoms with Gasteiger partial charge < -0.3 is 4.90 Å². The zero-order chi connectivity index (χ0) is 14.5. The number of hydrogen-bond donors (Lipinski definition) is 0. The standard InChI is InChI=1S/C19H36N2/c1-20-13-8-14-21(16-15-20)19(17-9-4-2-5-10-17)18-11-6-3-7-12-18/h17-19H,2-16H2,1H3. The molecule has 3 aliphatic rings. The van der Waals surface area contributed by atoms with E-state index in [1.54, 1.807) is 0 Å². The summed E-state index contributed by atoms with van der Waals surface area (Å²) in [5.74, 6) is 2.04. The van der Waals surface area contributed by atoms with Crippen molar-refractivity contribution < 1.29 is 0 Å². The minimum atomic E-state index is 0.928. The second-order valence-electron chi connectivity index (χ2n) is 7.98. The molecule has 3 rings (SSSR count). The average molecular weight is 293 g/mol. The Bertz CT molecular complexity index is 274. The van der Waals surface area contributed by atoms with Gasteiger partial charge in [-0.3, -0.25) is 4.90 Å².